The molecule has 3 saturated heterocycles. The Kier molecular flexibility index (Phi) is 8.49. The van der Waals surface area contributed by atoms with Crippen molar-refractivity contribution in [3.8, 4) is 0 Å². The fourth-order valence-corrected chi connectivity index (χ4v) is 6.31. The quantitative estimate of drug-likeness (QED) is 0.331. The number of piperidine rings is 1. The number of benzene rings is 2. The van der Waals surface area contributed by atoms with Crippen LogP contribution in [0.1, 0.15) is 56.0 Å². The molecule has 3 aliphatic rings. The van der Waals surface area contributed by atoms with E-state index in [1.807, 2.05) is 0 Å². The van der Waals surface area contributed by atoms with Crippen LogP contribution in [-0.2, 0) is 6.18 Å². The third kappa shape index (κ3) is 6.29. The highest BCUT2D eigenvalue weighted by molar-refractivity contribution is 6.31. The van der Waals surface area contributed by atoms with Crippen molar-refractivity contribution in [2.24, 2.45) is 22.7 Å². The lowest BCUT2D eigenvalue weighted by atomic mass is 9.73. The molecule has 2 aromatic rings. The molecule has 2 aromatic carbocycles. The van der Waals surface area contributed by atoms with Crippen molar-refractivity contribution >= 4 is 29.2 Å². The van der Waals surface area contributed by atoms with Crippen LogP contribution in [0.3, 0.4) is 0 Å². The van der Waals surface area contributed by atoms with E-state index in [-0.39, 0.29) is 23.6 Å². The van der Waals surface area contributed by atoms with Crippen LogP contribution in [0.25, 0.3) is 0 Å². The Morgan fingerprint density at radius 3 is 2.57 bits per heavy atom. The number of nitrogens with one attached hydrogen (secondary N) is 2. The first kappa shape index (κ1) is 27.5. The van der Waals surface area contributed by atoms with E-state index in [2.05, 4.69) is 36.3 Å². The Bertz CT molecular complexity index is 1140. The SMILES string of the molecule is CCC1C2CCN(CC(C)C2N=C(NC(=O)c2cccc(Cl)c2)Nc2cccc(C(F)(F)F)c2)C1CC. The number of carbonyl (C=O) groups is 1. The standard InChI is InChI=1S/C28H34ClF3N4O/c1-4-22-23-12-13-36(24(22)5-2)16-17(3)25(23)34-27(35-26(37)18-8-6-10-20(29)14-18)33-21-11-7-9-19(15-21)28(30,31)32/h6-11,14-15,17,22-25H,4-5,12-13,16H2,1-3H3,(H2,33,34,35,37). The van der Waals surface area contributed by atoms with Crippen LogP contribution in [0, 0.1) is 17.8 Å². The molecule has 2 N–H and O–H groups in total. The Morgan fingerprint density at radius 1 is 1.14 bits per heavy atom. The molecule has 200 valence electrons. The Balaban J connectivity index is 1.70. The van der Waals surface area contributed by atoms with Gasteiger partial charge in [-0.3, -0.25) is 15.0 Å². The summed E-state index contributed by atoms with van der Waals surface area (Å²) in [5, 5.41) is 6.21. The van der Waals surface area contributed by atoms with Gasteiger partial charge in [0, 0.05) is 28.9 Å². The van der Waals surface area contributed by atoms with Crippen molar-refractivity contribution in [2.45, 2.75) is 58.3 Å². The van der Waals surface area contributed by atoms with Gasteiger partial charge in [0.25, 0.3) is 5.91 Å². The van der Waals surface area contributed by atoms with E-state index < -0.39 is 17.6 Å². The second kappa shape index (κ2) is 11.4. The maximum atomic E-state index is 13.4. The maximum absolute atomic E-state index is 13.4. The van der Waals surface area contributed by atoms with Gasteiger partial charge in [-0.25, -0.2) is 4.99 Å². The number of carbonyl (C=O) groups excluding carboxylic acids is 1. The van der Waals surface area contributed by atoms with Gasteiger partial charge in [-0.2, -0.15) is 13.2 Å². The van der Waals surface area contributed by atoms with Crippen LogP contribution < -0.4 is 10.6 Å². The summed E-state index contributed by atoms with van der Waals surface area (Å²) in [7, 11) is 0. The van der Waals surface area contributed by atoms with Crippen molar-refractivity contribution in [2.75, 3.05) is 18.4 Å². The summed E-state index contributed by atoms with van der Waals surface area (Å²) in [4.78, 5) is 20.7. The predicted octanol–water partition coefficient (Wildman–Crippen LogP) is 6.70. The summed E-state index contributed by atoms with van der Waals surface area (Å²) in [5.74, 6) is 0.721. The summed E-state index contributed by atoms with van der Waals surface area (Å²) in [6, 6.07) is 11.8. The minimum absolute atomic E-state index is 0.0838. The van der Waals surface area contributed by atoms with Gasteiger partial charge in [0.1, 0.15) is 0 Å². The number of fused-ring (bicyclic) bond motifs is 4. The van der Waals surface area contributed by atoms with E-state index in [4.69, 9.17) is 16.6 Å². The van der Waals surface area contributed by atoms with Crippen LogP contribution in [0.15, 0.2) is 53.5 Å². The molecule has 3 heterocycles. The summed E-state index contributed by atoms with van der Waals surface area (Å²) in [6.45, 7) is 8.52. The first-order chi connectivity index (χ1) is 17.6. The molecule has 5 nitrogen and oxygen atoms in total. The third-order valence-corrected chi connectivity index (χ3v) is 7.98. The molecule has 6 unspecified atom stereocenters. The molecular formula is C28H34ClF3N4O. The molecule has 3 aliphatic heterocycles. The summed E-state index contributed by atoms with van der Waals surface area (Å²) < 4.78 is 40.1. The van der Waals surface area contributed by atoms with E-state index in [0.29, 0.717) is 28.5 Å². The second-order valence-corrected chi connectivity index (χ2v) is 10.5. The molecule has 0 radical (unpaired) electrons. The van der Waals surface area contributed by atoms with Gasteiger partial charge < -0.3 is 5.32 Å². The Labute approximate surface area is 221 Å². The van der Waals surface area contributed by atoms with Gasteiger partial charge in [-0.05, 0) is 73.5 Å². The molecule has 9 heteroatoms. The number of rotatable bonds is 5. The van der Waals surface area contributed by atoms with Crippen molar-refractivity contribution in [1.29, 1.82) is 0 Å². The summed E-state index contributed by atoms with van der Waals surface area (Å²) >= 11 is 6.07. The molecule has 0 saturated carbocycles. The zero-order valence-corrected chi connectivity index (χ0v) is 22.1. The van der Waals surface area contributed by atoms with Gasteiger partial charge in [-0.1, -0.05) is 50.9 Å². The monoisotopic (exact) mass is 534 g/mol. The number of hydrogen-bond donors (Lipinski definition) is 2. The number of halogens is 4. The molecule has 3 fully saturated rings. The van der Waals surface area contributed by atoms with Crippen LogP contribution in [0.2, 0.25) is 5.02 Å². The summed E-state index contributed by atoms with van der Waals surface area (Å²) in [5.41, 5.74) is -0.235. The number of hydrogen-bond acceptors (Lipinski definition) is 3. The highest BCUT2D eigenvalue weighted by Crippen LogP contribution is 2.42. The molecule has 6 atom stereocenters. The van der Waals surface area contributed by atoms with Crippen molar-refractivity contribution in [3.05, 3.63) is 64.7 Å². The summed E-state index contributed by atoms with van der Waals surface area (Å²) in [6.07, 6.45) is -1.37. The number of amides is 1. The van der Waals surface area contributed by atoms with Crippen LogP contribution in [-0.4, -0.2) is 41.9 Å². The van der Waals surface area contributed by atoms with E-state index in [0.717, 1.165) is 44.5 Å². The minimum Gasteiger partial charge on any atom is -0.326 e. The van der Waals surface area contributed by atoms with Crippen LogP contribution in [0.4, 0.5) is 18.9 Å². The van der Waals surface area contributed by atoms with Crippen LogP contribution in [0.5, 0.6) is 0 Å². The highest BCUT2D eigenvalue weighted by atomic mass is 35.5. The lowest BCUT2D eigenvalue weighted by molar-refractivity contribution is -0.137. The molecule has 0 aromatic heterocycles. The smallest absolute Gasteiger partial charge is 0.326 e. The third-order valence-electron chi connectivity index (χ3n) is 7.75. The first-order valence-corrected chi connectivity index (χ1v) is 13.3. The topological polar surface area (TPSA) is 56.7 Å². The molecule has 37 heavy (non-hydrogen) atoms. The first-order valence-electron chi connectivity index (χ1n) is 12.9. The molecule has 0 aliphatic carbocycles. The fraction of sp³-hybridized carbons (Fsp3) is 0.500. The van der Waals surface area contributed by atoms with E-state index >= 15 is 0 Å². The molecule has 5 rings (SSSR count). The number of anilines is 1. The highest BCUT2D eigenvalue weighted by Gasteiger charge is 2.45. The van der Waals surface area contributed by atoms with Crippen LogP contribution >= 0.6 is 11.6 Å². The van der Waals surface area contributed by atoms with Crippen molar-refractivity contribution in [3.63, 3.8) is 0 Å². The predicted molar refractivity (Wildman–Crippen MR) is 142 cm³/mol. The van der Waals surface area contributed by atoms with Gasteiger partial charge >= 0.3 is 6.18 Å². The Hall–Kier alpha value is -2.58. The Morgan fingerprint density at radius 2 is 1.89 bits per heavy atom. The van der Waals surface area contributed by atoms with E-state index in [1.165, 1.54) is 12.1 Å². The molecule has 2 bridgehead atoms. The van der Waals surface area contributed by atoms with E-state index in [1.54, 1.807) is 24.3 Å². The average Bonchev–Trinajstić information content (AvgIpc) is 3.07. The van der Waals surface area contributed by atoms with Gasteiger partial charge in [0.2, 0.25) is 5.96 Å². The zero-order chi connectivity index (χ0) is 26.7. The maximum Gasteiger partial charge on any atom is 0.416 e. The van der Waals surface area contributed by atoms with Gasteiger partial charge in [0.05, 0.1) is 11.6 Å². The minimum atomic E-state index is -4.48. The zero-order valence-electron chi connectivity index (χ0n) is 21.4. The lowest BCUT2D eigenvalue weighted by Crippen LogP contribution is -2.47. The fourth-order valence-electron chi connectivity index (χ4n) is 6.12. The molecule has 1 amide bonds. The van der Waals surface area contributed by atoms with Crippen molar-refractivity contribution in [1.82, 2.24) is 10.2 Å². The lowest BCUT2D eigenvalue weighted by Gasteiger charge is -2.43. The number of nitrogens with zero attached hydrogens (tertiary/aromatic N) is 2. The molecule has 0 spiro atoms. The van der Waals surface area contributed by atoms with E-state index in [9.17, 15) is 18.0 Å². The van der Waals surface area contributed by atoms with Gasteiger partial charge in [-0.15, -0.1) is 0 Å². The number of aliphatic imine (C=N–C) groups is 1. The second-order valence-electron chi connectivity index (χ2n) is 10.1. The molecular weight excluding hydrogens is 501 g/mol. The van der Waals surface area contributed by atoms with Crippen molar-refractivity contribution < 1.29 is 18.0 Å². The van der Waals surface area contributed by atoms with Gasteiger partial charge in [0.15, 0.2) is 0 Å². The largest absolute Gasteiger partial charge is 0.416 e. The normalized spacial score (nSPS) is 28.0. The number of alkyl halides is 3. The average molecular weight is 535 g/mol. The number of guanidine groups is 1.